The van der Waals surface area contributed by atoms with Crippen LogP contribution in [-0.4, -0.2) is 99.6 Å². The molecule has 12 nitrogen and oxygen atoms in total. The van der Waals surface area contributed by atoms with Gasteiger partial charge in [0.05, 0.1) is 19.3 Å². The smallest absolute Gasteiger partial charge is 0.328 e. The summed E-state index contributed by atoms with van der Waals surface area (Å²) >= 11 is 1.38. The standard InChI is InChI=1S/C15H28N4O8S/c1-7(22)11(19-12(23)8(16)5-20)14(25)17-9(3-4-28-2)13(24)18-10(6-21)15(26)27/h7-11,20-22H,3-6,16H2,1-2H3,(H,17,25)(H,18,24)(H,19,23)(H,26,27). The summed E-state index contributed by atoms with van der Waals surface area (Å²) in [7, 11) is 0. The van der Waals surface area contributed by atoms with Gasteiger partial charge in [0.25, 0.3) is 0 Å². The maximum Gasteiger partial charge on any atom is 0.328 e. The lowest BCUT2D eigenvalue weighted by molar-refractivity contribution is -0.143. The van der Waals surface area contributed by atoms with Crippen molar-refractivity contribution in [2.45, 2.75) is 43.6 Å². The van der Waals surface area contributed by atoms with Gasteiger partial charge in [-0.15, -0.1) is 0 Å². The number of aliphatic carboxylic acids is 1. The Morgan fingerprint density at radius 1 is 0.964 bits per heavy atom. The van der Waals surface area contributed by atoms with Crippen molar-refractivity contribution in [1.82, 2.24) is 16.0 Å². The molecule has 0 aromatic heterocycles. The van der Waals surface area contributed by atoms with E-state index in [1.165, 1.54) is 18.7 Å². The van der Waals surface area contributed by atoms with Crippen LogP contribution < -0.4 is 21.7 Å². The molecule has 0 aromatic rings. The number of aliphatic hydroxyl groups is 3. The van der Waals surface area contributed by atoms with Crippen LogP contribution in [-0.2, 0) is 19.2 Å². The van der Waals surface area contributed by atoms with E-state index in [1.807, 2.05) is 0 Å². The van der Waals surface area contributed by atoms with Crippen molar-refractivity contribution < 1.29 is 39.6 Å². The van der Waals surface area contributed by atoms with Crippen LogP contribution >= 0.6 is 11.8 Å². The number of carboxylic acids is 1. The highest BCUT2D eigenvalue weighted by Gasteiger charge is 2.32. The third-order valence-corrected chi connectivity index (χ3v) is 4.28. The van der Waals surface area contributed by atoms with Crippen molar-refractivity contribution in [3.63, 3.8) is 0 Å². The summed E-state index contributed by atoms with van der Waals surface area (Å²) in [6.07, 6.45) is 0.551. The average Bonchev–Trinajstić information content (AvgIpc) is 2.65. The van der Waals surface area contributed by atoms with Crippen LogP contribution in [0.2, 0.25) is 0 Å². The number of nitrogens with two attached hydrogens (primary N) is 1. The van der Waals surface area contributed by atoms with Crippen LogP contribution in [0.3, 0.4) is 0 Å². The summed E-state index contributed by atoms with van der Waals surface area (Å²) in [5, 5.41) is 43.2. The zero-order chi connectivity index (χ0) is 21.9. The minimum Gasteiger partial charge on any atom is -0.480 e. The largest absolute Gasteiger partial charge is 0.480 e. The molecule has 3 amide bonds. The number of nitrogens with one attached hydrogen (secondary N) is 3. The summed E-state index contributed by atoms with van der Waals surface area (Å²) < 4.78 is 0. The van der Waals surface area contributed by atoms with E-state index in [-0.39, 0.29) is 6.42 Å². The van der Waals surface area contributed by atoms with Crippen LogP contribution in [0.5, 0.6) is 0 Å². The second-order valence-corrected chi connectivity index (χ2v) is 6.93. The maximum absolute atomic E-state index is 12.5. The fourth-order valence-electron chi connectivity index (χ4n) is 1.97. The van der Waals surface area contributed by atoms with Crippen molar-refractivity contribution in [1.29, 1.82) is 0 Å². The minimum absolute atomic E-state index is 0.132. The summed E-state index contributed by atoms with van der Waals surface area (Å²) in [5.41, 5.74) is 5.36. The topological polar surface area (TPSA) is 211 Å². The highest BCUT2D eigenvalue weighted by Crippen LogP contribution is 2.04. The van der Waals surface area contributed by atoms with E-state index < -0.39 is 67.2 Å². The van der Waals surface area contributed by atoms with E-state index in [1.54, 1.807) is 6.26 Å². The Kier molecular flexibility index (Phi) is 12.4. The van der Waals surface area contributed by atoms with Gasteiger partial charge in [0.2, 0.25) is 17.7 Å². The zero-order valence-electron chi connectivity index (χ0n) is 15.6. The van der Waals surface area contributed by atoms with Gasteiger partial charge in [-0.25, -0.2) is 4.79 Å². The summed E-state index contributed by atoms with van der Waals surface area (Å²) in [6, 6.07) is -5.47. The van der Waals surface area contributed by atoms with Gasteiger partial charge >= 0.3 is 5.97 Å². The Labute approximate surface area is 166 Å². The van der Waals surface area contributed by atoms with Crippen molar-refractivity contribution >= 4 is 35.5 Å². The molecule has 0 fully saturated rings. The normalized spacial score (nSPS) is 16.2. The van der Waals surface area contributed by atoms with Crippen molar-refractivity contribution in [3.8, 4) is 0 Å². The van der Waals surface area contributed by atoms with Crippen LogP contribution in [0.25, 0.3) is 0 Å². The Morgan fingerprint density at radius 3 is 1.96 bits per heavy atom. The zero-order valence-corrected chi connectivity index (χ0v) is 16.4. The molecule has 0 rings (SSSR count). The lowest BCUT2D eigenvalue weighted by Gasteiger charge is -2.26. The third kappa shape index (κ3) is 8.84. The fraction of sp³-hybridized carbons (Fsp3) is 0.733. The summed E-state index contributed by atoms with van der Waals surface area (Å²) in [5.74, 6) is -3.62. The molecule has 0 saturated carbocycles. The van der Waals surface area contributed by atoms with E-state index in [0.29, 0.717) is 5.75 Å². The molecule has 0 aromatic carbocycles. The molecule has 0 saturated heterocycles. The van der Waals surface area contributed by atoms with E-state index in [2.05, 4.69) is 16.0 Å². The molecule has 0 aliphatic heterocycles. The average molecular weight is 424 g/mol. The predicted octanol–water partition coefficient (Wildman–Crippen LogP) is -4.03. The molecule has 28 heavy (non-hydrogen) atoms. The molecule has 0 aliphatic rings. The lowest BCUT2D eigenvalue weighted by atomic mass is 10.1. The number of carbonyl (C=O) groups excluding carboxylic acids is 3. The fourth-order valence-corrected chi connectivity index (χ4v) is 2.44. The van der Waals surface area contributed by atoms with Crippen molar-refractivity contribution in [3.05, 3.63) is 0 Å². The monoisotopic (exact) mass is 424 g/mol. The van der Waals surface area contributed by atoms with Crippen LogP contribution in [0, 0.1) is 0 Å². The molecule has 0 bridgehead atoms. The number of hydrogen-bond acceptors (Lipinski definition) is 9. The molecule has 5 atom stereocenters. The molecular weight excluding hydrogens is 396 g/mol. The molecule has 13 heteroatoms. The van der Waals surface area contributed by atoms with E-state index >= 15 is 0 Å². The highest BCUT2D eigenvalue weighted by molar-refractivity contribution is 7.98. The maximum atomic E-state index is 12.5. The van der Waals surface area contributed by atoms with Crippen LogP contribution in [0.15, 0.2) is 0 Å². The Morgan fingerprint density at radius 2 is 1.54 bits per heavy atom. The second-order valence-electron chi connectivity index (χ2n) is 5.94. The summed E-state index contributed by atoms with van der Waals surface area (Å²) in [4.78, 5) is 47.5. The van der Waals surface area contributed by atoms with E-state index in [0.717, 1.165) is 0 Å². The van der Waals surface area contributed by atoms with Gasteiger partial charge in [-0.3, -0.25) is 14.4 Å². The minimum atomic E-state index is -1.55. The molecule has 0 aliphatic carbocycles. The number of carboxylic acid groups (broad SMARTS) is 1. The first-order chi connectivity index (χ1) is 13.1. The van der Waals surface area contributed by atoms with Gasteiger partial charge < -0.3 is 42.1 Å². The number of carbonyl (C=O) groups is 4. The van der Waals surface area contributed by atoms with Crippen LogP contribution in [0.4, 0.5) is 0 Å². The quantitative estimate of drug-likeness (QED) is 0.143. The number of hydrogen-bond donors (Lipinski definition) is 8. The van der Waals surface area contributed by atoms with Gasteiger partial charge in [0.1, 0.15) is 24.2 Å². The molecule has 5 unspecified atom stereocenters. The van der Waals surface area contributed by atoms with Gasteiger partial charge in [-0.2, -0.15) is 11.8 Å². The van der Waals surface area contributed by atoms with Crippen molar-refractivity contribution in [2.24, 2.45) is 5.73 Å². The number of rotatable bonds is 13. The lowest BCUT2D eigenvalue weighted by Crippen LogP contribution is -2.60. The Bertz CT molecular complexity index is 548. The van der Waals surface area contributed by atoms with Gasteiger partial charge in [-0.1, -0.05) is 0 Å². The molecule has 0 heterocycles. The molecule has 0 radical (unpaired) electrons. The molecular formula is C15H28N4O8S. The first-order valence-electron chi connectivity index (χ1n) is 8.37. The Hall–Kier alpha value is -1.93. The Balaban J connectivity index is 5.25. The number of amides is 3. The van der Waals surface area contributed by atoms with Gasteiger partial charge in [-0.05, 0) is 25.4 Å². The van der Waals surface area contributed by atoms with Gasteiger partial charge in [0.15, 0.2) is 0 Å². The first kappa shape index (κ1) is 26.1. The van der Waals surface area contributed by atoms with Crippen LogP contribution in [0.1, 0.15) is 13.3 Å². The molecule has 162 valence electrons. The number of aliphatic hydroxyl groups excluding tert-OH is 3. The summed E-state index contributed by atoms with van der Waals surface area (Å²) in [6.45, 7) is -0.273. The predicted molar refractivity (Wildman–Crippen MR) is 100 cm³/mol. The van der Waals surface area contributed by atoms with Gasteiger partial charge in [0, 0.05) is 0 Å². The number of thioether (sulfide) groups is 1. The molecule has 0 spiro atoms. The molecule has 9 N–H and O–H groups in total. The van der Waals surface area contributed by atoms with E-state index in [4.69, 9.17) is 21.1 Å². The third-order valence-electron chi connectivity index (χ3n) is 3.64. The highest BCUT2D eigenvalue weighted by atomic mass is 32.2. The second kappa shape index (κ2) is 13.3. The SMILES string of the molecule is CSCCC(NC(=O)C(NC(=O)C(N)CO)C(C)O)C(=O)NC(CO)C(=O)O. The first-order valence-corrected chi connectivity index (χ1v) is 9.76. The van der Waals surface area contributed by atoms with E-state index in [9.17, 15) is 24.3 Å². The van der Waals surface area contributed by atoms with Crippen molar-refractivity contribution in [2.75, 3.05) is 25.2 Å².